The Bertz CT molecular complexity index is 426. The molecule has 6 heteroatoms. The molecule has 0 heterocycles. The van der Waals surface area contributed by atoms with Gasteiger partial charge in [0.05, 0.1) is 0 Å². The first-order valence-corrected chi connectivity index (χ1v) is 7.05. The highest BCUT2D eigenvalue weighted by molar-refractivity contribution is 7.80. The molecule has 5 nitrogen and oxygen atoms in total. The van der Waals surface area contributed by atoms with E-state index in [4.69, 9.17) is 23.1 Å². The minimum atomic E-state index is -0.897. The van der Waals surface area contributed by atoms with Crippen molar-refractivity contribution in [3.63, 3.8) is 0 Å². The lowest BCUT2D eigenvalue weighted by atomic mass is 10.1. The largest absolute Gasteiger partial charge is 0.480 e. The molecule has 5 N–H and O–H groups in total. The number of carboxylic acid groups (broad SMARTS) is 1. The maximum atomic E-state index is 11.1. The molecule has 0 fully saturated rings. The molecule has 0 spiro atoms. The lowest BCUT2D eigenvalue weighted by molar-refractivity contribution is -0.139. The Morgan fingerprint density at radius 3 is 2.60 bits per heavy atom. The fourth-order valence-corrected chi connectivity index (χ4v) is 1.95. The fourth-order valence-electron chi connectivity index (χ4n) is 1.74. The molecule has 1 rings (SSSR count). The zero-order chi connectivity index (χ0) is 14.8. The molecule has 1 atom stereocenters. The average molecular weight is 295 g/mol. The van der Waals surface area contributed by atoms with Crippen LogP contribution < -0.4 is 16.4 Å². The summed E-state index contributed by atoms with van der Waals surface area (Å²) >= 11 is 5.12. The van der Waals surface area contributed by atoms with Crippen LogP contribution in [-0.2, 0) is 11.3 Å². The van der Waals surface area contributed by atoms with Crippen LogP contribution in [0.25, 0.3) is 0 Å². The molecule has 0 radical (unpaired) electrons. The van der Waals surface area contributed by atoms with Crippen LogP contribution in [0, 0.1) is 0 Å². The van der Waals surface area contributed by atoms with Crippen LogP contribution in [0.3, 0.4) is 0 Å². The van der Waals surface area contributed by atoms with Gasteiger partial charge >= 0.3 is 5.97 Å². The molecule has 110 valence electrons. The Morgan fingerprint density at radius 2 is 2.00 bits per heavy atom. The minimum Gasteiger partial charge on any atom is -0.480 e. The van der Waals surface area contributed by atoms with E-state index in [1.54, 1.807) is 0 Å². The summed E-state index contributed by atoms with van der Waals surface area (Å²) in [5.41, 5.74) is 6.49. The van der Waals surface area contributed by atoms with Crippen molar-refractivity contribution in [3.05, 3.63) is 35.9 Å². The predicted octanol–water partition coefficient (Wildman–Crippen LogP) is 1.23. The van der Waals surface area contributed by atoms with Gasteiger partial charge in [-0.1, -0.05) is 30.3 Å². The normalized spacial score (nSPS) is 11.7. The number of benzene rings is 1. The van der Waals surface area contributed by atoms with Crippen molar-refractivity contribution in [2.24, 2.45) is 5.73 Å². The first-order chi connectivity index (χ1) is 9.63. The highest BCUT2D eigenvalue weighted by Gasteiger charge is 2.17. The molecule has 0 bridgehead atoms. The third-order valence-electron chi connectivity index (χ3n) is 2.85. The summed E-state index contributed by atoms with van der Waals surface area (Å²) in [4.78, 5) is 11.1. The van der Waals surface area contributed by atoms with Gasteiger partial charge in [0, 0.05) is 6.54 Å². The van der Waals surface area contributed by atoms with Crippen molar-refractivity contribution in [1.82, 2.24) is 10.6 Å². The molecule has 1 aromatic rings. The van der Waals surface area contributed by atoms with E-state index >= 15 is 0 Å². The van der Waals surface area contributed by atoms with Crippen LogP contribution in [0.4, 0.5) is 0 Å². The quantitative estimate of drug-likeness (QED) is 0.426. The number of rotatable bonds is 8. The van der Waals surface area contributed by atoms with Gasteiger partial charge in [0.1, 0.15) is 6.04 Å². The minimum absolute atomic E-state index is 0.356. The maximum absolute atomic E-state index is 11.1. The number of nitrogens with one attached hydrogen (secondary N) is 2. The van der Waals surface area contributed by atoms with Crippen LogP contribution in [-0.4, -0.2) is 28.8 Å². The average Bonchev–Trinajstić information content (AvgIpc) is 2.45. The molecular formula is C14H21N3O2S. The van der Waals surface area contributed by atoms with Gasteiger partial charge in [-0.05, 0) is 43.6 Å². The van der Waals surface area contributed by atoms with Crippen molar-refractivity contribution in [2.45, 2.75) is 31.8 Å². The van der Waals surface area contributed by atoms with Crippen molar-refractivity contribution in [2.75, 3.05) is 6.54 Å². The van der Waals surface area contributed by atoms with E-state index in [-0.39, 0.29) is 0 Å². The SMILES string of the molecule is NCCCC[C@H](NC(=S)NCc1ccccc1)C(=O)O. The van der Waals surface area contributed by atoms with Gasteiger partial charge in [-0.3, -0.25) is 0 Å². The summed E-state index contributed by atoms with van der Waals surface area (Å²) < 4.78 is 0. The topological polar surface area (TPSA) is 87.4 Å². The number of hydrogen-bond donors (Lipinski definition) is 4. The molecular weight excluding hydrogens is 274 g/mol. The second-order valence-electron chi connectivity index (χ2n) is 4.49. The van der Waals surface area contributed by atoms with Gasteiger partial charge < -0.3 is 21.5 Å². The number of carboxylic acids is 1. The standard InChI is InChI=1S/C14H21N3O2S/c15-9-5-4-8-12(13(18)19)17-14(20)16-10-11-6-2-1-3-7-11/h1-3,6-7,12H,4-5,8-10,15H2,(H,18,19)(H2,16,17,20)/t12-/m0/s1. The third-order valence-corrected chi connectivity index (χ3v) is 3.11. The van der Waals surface area contributed by atoms with Crippen molar-refractivity contribution >= 4 is 23.3 Å². The van der Waals surface area contributed by atoms with Crippen LogP contribution in [0.15, 0.2) is 30.3 Å². The molecule has 0 aliphatic heterocycles. The number of nitrogens with two attached hydrogens (primary N) is 1. The monoisotopic (exact) mass is 295 g/mol. The third kappa shape index (κ3) is 6.49. The Hall–Kier alpha value is -1.66. The Morgan fingerprint density at radius 1 is 1.30 bits per heavy atom. The molecule has 0 aliphatic rings. The zero-order valence-corrected chi connectivity index (χ0v) is 12.2. The van der Waals surface area contributed by atoms with E-state index in [1.807, 2.05) is 30.3 Å². The second kappa shape index (κ2) is 9.28. The highest BCUT2D eigenvalue weighted by Crippen LogP contribution is 2.01. The van der Waals surface area contributed by atoms with E-state index in [9.17, 15) is 4.79 Å². The Labute approximate surface area is 124 Å². The second-order valence-corrected chi connectivity index (χ2v) is 4.90. The van der Waals surface area contributed by atoms with Gasteiger partial charge in [-0.15, -0.1) is 0 Å². The number of aliphatic carboxylic acids is 1. The van der Waals surface area contributed by atoms with Gasteiger partial charge in [0.25, 0.3) is 0 Å². The van der Waals surface area contributed by atoms with Crippen molar-refractivity contribution in [1.29, 1.82) is 0 Å². The first-order valence-electron chi connectivity index (χ1n) is 6.64. The number of unbranched alkanes of at least 4 members (excludes halogenated alkanes) is 1. The summed E-state index contributed by atoms with van der Waals surface area (Å²) in [6.07, 6.45) is 2.09. The van der Waals surface area contributed by atoms with Crippen LogP contribution >= 0.6 is 12.2 Å². The summed E-state index contributed by atoms with van der Waals surface area (Å²) in [6.45, 7) is 1.14. The molecule has 0 amide bonds. The van der Waals surface area contributed by atoms with Gasteiger partial charge in [0.15, 0.2) is 5.11 Å². The number of thiocarbonyl (C=S) groups is 1. The lowest BCUT2D eigenvalue weighted by Gasteiger charge is -2.17. The van der Waals surface area contributed by atoms with Gasteiger partial charge in [-0.2, -0.15) is 0 Å². The molecule has 0 aliphatic carbocycles. The zero-order valence-electron chi connectivity index (χ0n) is 11.3. The Kier molecular flexibility index (Phi) is 7.60. The van der Waals surface area contributed by atoms with Crippen molar-refractivity contribution < 1.29 is 9.90 Å². The maximum Gasteiger partial charge on any atom is 0.326 e. The Balaban J connectivity index is 2.36. The fraction of sp³-hybridized carbons (Fsp3) is 0.429. The van der Waals surface area contributed by atoms with Gasteiger partial charge in [-0.25, -0.2) is 4.79 Å². The summed E-state index contributed by atoms with van der Waals surface area (Å²) in [5, 5.41) is 15.3. The first kappa shape index (κ1) is 16.4. The number of carbonyl (C=O) groups is 1. The lowest BCUT2D eigenvalue weighted by Crippen LogP contribution is -2.45. The molecule has 0 saturated heterocycles. The van der Waals surface area contributed by atoms with Crippen LogP contribution in [0.1, 0.15) is 24.8 Å². The van der Waals surface area contributed by atoms with E-state index in [0.29, 0.717) is 24.6 Å². The van der Waals surface area contributed by atoms with E-state index in [1.165, 1.54) is 0 Å². The number of hydrogen-bond acceptors (Lipinski definition) is 3. The summed E-state index contributed by atoms with van der Waals surface area (Å²) in [7, 11) is 0. The highest BCUT2D eigenvalue weighted by atomic mass is 32.1. The van der Waals surface area contributed by atoms with Gasteiger partial charge in [0.2, 0.25) is 0 Å². The summed E-state index contributed by atoms with van der Waals surface area (Å²) in [5.74, 6) is -0.897. The van der Waals surface area contributed by atoms with E-state index < -0.39 is 12.0 Å². The van der Waals surface area contributed by atoms with Crippen LogP contribution in [0.5, 0.6) is 0 Å². The summed E-state index contributed by atoms with van der Waals surface area (Å²) in [6, 6.07) is 9.12. The molecule has 0 saturated carbocycles. The molecule has 0 aromatic heterocycles. The molecule has 20 heavy (non-hydrogen) atoms. The predicted molar refractivity (Wildman–Crippen MR) is 83.3 cm³/mol. The molecule has 0 unspecified atom stereocenters. The van der Waals surface area contributed by atoms with Crippen LogP contribution in [0.2, 0.25) is 0 Å². The smallest absolute Gasteiger partial charge is 0.326 e. The van der Waals surface area contributed by atoms with E-state index in [2.05, 4.69) is 10.6 Å². The molecule has 1 aromatic carbocycles. The van der Waals surface area contributed by atoms with E-state index in [0.717, 1.165) is 18.4 Å². The van der Waals surface area contributed by atoms with Crippen molar-refractivity contribution in [3.8, 4) is 0 Å².